The van der Waals surface area contributed by atoms with E-state index >= 15 is 0 Å². The van der Waals surface area contributed by atoms with Gasteiger partial charge in [-0.1, -0.05) is 54.6 Å². The Kier molecular flexibility index (Phi) is 6.81. The zero-order valence-corrected chi connectivity index (χ0v) is 19.7. The molecule has 0 spiro atoms. The van der Waals surface area contributed by atoms with Gasteiger partial charge in [0.1, 0.15) is 5.75 Å². The summed E-state index contributed by atoms with van der Waals surface area (Å²) in [5.41, 5.74) is 3.89. The number of aryl methyl sites for hydroxylation is 1. The minimum atomic E-state index is -3.91. The lowest BCUT2D eigenvalue weighted by Crippen LogP contribution is -2.44. The Bertz CT molecular complexity index is 1240. The van der Waals surface area contributed by atoms with E-state index < -0.39 is 10.0 Å². The second-order valence-corrected chi connectivity index (χ2v) is 10.2. The van der Waals surface area contributed by atoms with E-state index in [2.05, 4.69) is 6.07 Å². The van der Waals surface area contributed by atoms with E-state index in [4.69, 9.17) is 4.74 Å². The molecule has 6 nitrogen and oxygen atoms in total. The van der Waals surface area contributed by atoms with Crippen LogP contribution in [0.3, 0.4) is 0 Å². The number of amides is 1. The van der Waals surface area contributed by atoms with E-state index in [0.29, 0.717) is 18.8 Å². The highest BCUT2D eigenvalue weighted by Crippen LogP contribution is 2.25. The van der Waals surface area contributed by atoms with Gasteiger partial charge in [0, 0.05) is 19.6 Å². The molecule has 0 saturated heterocycles. The van der Waals surface area contributed by atoms with Gasteiger partial charge in [0.25, 0.3) is 0 Å². The number of carbonyl (C=O) groups excluding carboxylic acids is 1. The Balaban J connectivity index is 1.61. The fourth-order valence-electron chi connectivity index (χ4n) is 4.13. The molecule has 0 atom stereocenters. The smallest absolute Gasteiger partial charge is 0.243 e. The number of sulfonamides is 1. The predicted molar refractivity (Wildman–Crippen MR) is 127 cm³/mol. The summed E-state index contributed by atoms with van der Waals surface area (Å²) in [5.74, 6) is 0.417. The summed E-state index contributed by atoms with van der Waals surface area (Å²) >= 11 is 0. The van der Waals surface area contributed by atoms with Crippen molar-refractivity contribution < 1.29 is 17.9 Å². The van der Waals surface area contributed by atoms with Crippen LogP contribution < -0.4 is 4.74 Å². The average molecular weight is 465 g/mol. The van der Waals surface area contributed by atoms with Gasteiger partial charge in [0.05, 0.1) is 18.6 Å². The van der Waals surface area contributed by atoms with Crippen molar-refractivity contribution in [3.05, 3.63) is 95.1 Å². The van der Waals surface area contributed by atoms with Crippen molar-refractivity contribution >= 4 is 15.9 Å². The number of benzene rings is 3. The molecule has 0 fully saturated rings. The number of hydrogen-bond donors (Lipinski definition) is 0. The molecule has 0 aliphatic carbocycles. The molecule has 0 N–H and O–H groups in total. The Morgan fingerprint density at radius 2 is 1.70 bits per heavy atom. The van der Waals surface area contributed by atoms with Gasteiger partial charge in [0.2, 0.25) is 15.9 Å². The first kappa shape index (κ1) is 23.0. The second-order valence-electron chi connectivity index (χ2n) is 8.22. The first-order valence-corrected chi connectivity index (χ1v) is 12.4. The lowest BCUT2D eigenvalue weighted by molar-refractivity contribution is -0.132. The summed E-state index contributed by atoms with van der Waals surface area (Å²) in [6.07, 6.45) is 0.769. The summed E-state index contributed by atoms with van der Waals surface area (Å²) in [4.78, 5) is 15.1. The van der Waals surface area contributed by atoms with E-state index in [-0.39, 0.29) is 23.9 Å². The lowest BCUT2D eigenvalue weighted by Gasteiger charge is -2.31. The largest absolute Gasteiger partial charge is 0.496 e. The summed E-state index contributed by atoms with van der Waals surface area (Å²) in [7, 11) is -2.36. The molecule has 1 heterocycles. The molecule has 172 valence electrons. The Labute approximate surface area is 195 Å². The number of nitrogens with zero attached hydrogens (tertiary/aromatic N) is 2. The number of carbonyl (C=O) groups is 1. The maximum Gasteiger partial charge on any atom is 0.243 e. The van der Waals surface area contributed by atoms with Gasteiger partial charge in [0.15, 0.2) is 0 Å². The predicted octanol–water partition coefficient (Wildman–Crippen LogP) is 3.78. The van der Waals surface area contributed by atoms with Crippen LogP contribution >= 0.6 is 0 Å². The van der Waals surface area contributed by atoms with Crippen molar-refractivity contribution in [2.45, 2.75) is 31.3 Å². The van der Waals surface area contributed by atoms with Crippen LogP contribution in [0.25, 0.3) is 0 Å². The van der Waals surface area contributed by atoms with Gasteiger partial charge >= 0.3 is 0 Å². The van der Waals surface area contributed by atoms with Crippen LogP contribution in [0.5, 0.6) is 5.75 Å². The summed E-state index contributed by atoms with van der Waals surface area (Å²) in [5, 5.41) is 0. The minimum absolute atomic E-state index is 0.115. The molecule has 3 aromatic rings. The Hall–Kier alpha value is -3.16. The normalized spacial score (nSPS) is 13.6. The van der Waals surface area contributed by atoms with Crippen LogP contribution in [0.2, 0.25) is 0 Å². The maximum atomic E-state index is 13.6. The SMILES string of the molecule is COc1ccc(S(=O)(=O)N(CC(=O)N2CCc3ccccc3C2)Cc2ccccc2)cc1C. The molecular weight excluding hydrogens is 436 g/mol. The molecule has 4 rings (SSSR count). The molecule has 33 heavy (non-hydrogen) atoms. The number of rotatable bonds is 7. The van der Waals surface area contributed by atoms with E-state index in [1.165, 1.54) is 15.9 Å². The van der Waals surface area contributed by atoms with Crippen molar-refractivity contribution in [2.24, 2.45) is 0 Å². The standard InChI is InChI=1S/C26H28N2O4S/c1-20-16-24(12-13-25(20)32-2)33(30,31)28(17-21-8-4-3-5-9-21)19-26(29)27-15-14-22-10-6-7-11-23(22)18-27/h3-13,16H,14-15,17-19H2,1-2H3. The van der Waals surface area contributed by atoms with Crippen LogP contribution in [-0.4, -0.2) is 43.7 Å². The molecule has 1 amide bonds. The molecule has 3 aromatic carbocycles. The van der Waals surface area contributed by atoms with Gasteiger partial charge < -0.3 is 9.64 Å². The van der Waals surface area contributed by atoms with E-state index in [1.807, 2.05) is 48.5 Å². The van der Waals surface area contributed by atoms with Crippen LogP contribution in [0.4, 0.5) is 0 Å². The number of ether oxygens (including phenoxy) is 1. The number of fused-ring (bicyclic) bond motifs is 1. The van der Waals surface area contributed by atoms with E-state index in [9.17, 15) is 13.2 Å². The van der Waals surface area contributed by atoms with Crippen LogP contribution in [0.1, 0.15) is 22.3 Å². The third kappa shape index (κ3) is 5.10. The fraction of sp³-hybridized carbons (Fsp3) is 0.269. The van der Waals surface area contributed by atoms with Gasteiger partial charge in [-0.2, -0.15) is 4.31 Å². The van der Waals surface area contributed by atoms with E-state index in [1.54, 1.807) is 31.1 Å². The zero-order valence-electron chi connectivity index (χ0n) is 18.9. The summed E-state index contributed by atoms with van der Waals surface area (Å²) < 4.78 is 33.8. The Morgan fingerprint density at radius 1 is 1.00 bits per heavy atom. The Morgan fingerprint density at radius 3 is 2.39 bits per heavy atom. The summed E-state index contributed by atoms with van der Waals surface area (Å²) in [6.45, 7) is 2.77. The van der Waals surface area contributed by atoms with Crippen molar-refractivity contribution in [1.29, 1.82) is 0 Å². The molecule has 0 radical (unpaired) electrons. The van der Waals surface area contributed by atoms with Crippen molar-refractivity contribution in [3.8, 4) is 5.75 Å². The molecule has 0 unspecified atom stereocenters. The highest BCUT2D eigenvalue weighted by atomic mass is 32.2. The molecule has 0 saturated carbocycles. The zero-order chi connectivity index (χ0) is 23.4. The van der Waals surface area contributed by atoms with Crippen molar-refractivity contribution in [1.82, 2.24) is 9.21 Å². The molecular formula is C26H28N2O4S. The number of hydrogen-bond acceptors (Lipinski definition) is 4. The fourth-order valence-corrected chi connectivity index (χ4v) is 5.60. The van der Waals surface area contributed by atoms with Crippen LogP contribution in [0, 0.1) is 6.92 Å². The highest BCUT2D eigenvalue weighted by Gasteiger charge is 2.30. The minimum Gasteiger partial charge on any atom is -0.496 e. The maximum absolute atomic E-state index is 13.6. The van der Waals surface area contributed by atoms with Crippen molar-refractivity contribution in [3.63, 3.8) is 0 Å². The van der Waals surface area contributed by atoms with Gasteiger partial charge in [-0.05, 0) is 53.8 Å². The third-order valence-corrected chi connectivity index (χ3v) is 7.79. The first-order valence-electron chi connectivity index (χ1n) is 10.9. The molecule has 0 aromatic heterocycles. The van der Waals surface area contributed by atoms with Crippen LogP contribution in [-0.2, 0) is 34.3 Å². The topological polar surface area (TPSA) is 66.9 Å². The highest BCUT2D eigenvalue weighted by molar-refractivity contribution is 7.89. The van der Waals surface area contributed by atoms with Gasteiger partial charge in [-0.3, -0.25) is 4.79 Å². The van der Waals surface area contributed by atoms with Gasteiger partial charge in [-0.25, -0.2) is 8.42 Å². The third-order valence-electron chi connectivity index (χ3n) is 6.00. The van der Waals surface area contributed by atoms with Gasteiger partial charge in [-0.15, -0.1) is 0 Å². The summed E-state index contributed by atoms with van der Waals surface area (Å²) in [6, 6.07) is 22.2. The van der Waals surface area contributed by atoms with E-state index in [0.717, 1.165) is 23.1 Å². The lowest BCUT2D eigenvalue weighted by atomic mass is 10.00. The number of methoxy groups -OCH3 is 1. The molecule has 7 heteroatoms. The van der Waals surface area contributed by atoms with Crippen LogP contribution in [0.15, 0.2) is 77.7 Å². The first-order chi connectivity index (χ1) is 15.9. The average Bonchev–Trinajstić information content (AvgIpc) is 2.83. The monoisotopic (exact) mass is 464 g/mol. The van der Waals surface area contributed by atoms with Crippen molar-refractivity contribution in [2.75, 3.05) is 20.2 Å². The quantitative estimate of drug-likeness (QED) is 0.534. The second kappa shape index (κ2) is 9.77. The molecule has 0 bridgehead atoms. The molecule has 1 aliphatic rings. The molecule has 1 aliphatic heterocycles.